The zero-order valence-corrected chi connectivity index (χ0v) is 9.17. The Balaban J connectivity index is 1.46. The molecule has 0 atom stereocenters. The Kier molecular flexibility index (Phi) is 2.10. The van der Waals surface area contributed by atoms with E-state index >= 15 is 0 Å². The lowest BCUT2D eigenvalue weighted by Crippen LogP contribution is -2.62. The molecule has 3 fully saturated rings. The molecule has 0 bridgehead atoms. The minimum absolute atomic E-state index is 0.570. The summed E-state index contributed by atoms with van der Waals surface area (Å²) in [6, 6.07) is 0.867. The fourth-order valence-corrected chi connectivity index (χ4v) is 3.54. The van der Waals surface area contributed by atoms with Crippen molar-refractivity contribution in [2.75, 3.05) is 20.2 Å². The molecule has 1 spiro atoms. The molecule has 0 aromatic rings. The average Bonchev–Trinajstić information content (AvgIpc) is 2.49. The van der Waals surface area contributed by atoms with E-state index in [2.05, 4.69) is 4.90 Å². The van der Waals surface area contributed by atoms with Crippen LogP contribution in [0.1, 0.15) is 38.5 Å². The van der Waals surface area contributed by atoms with Crippen LogP contribution in [-0.2, 0) is 4.74 Å². The van der Waals surface area contributed by atoms with Crippen LogP contribution in [0.25, 0.3) is 0 Å². The maximum Gasteiger partial charge on any atom is 0.0601 e. The van der Waals surface area contributed by atoms with Crippen molar-refractivity contribution in [2.45, 2.75) is 50.7 Å². The number of methoxy groups -OCH3 is 1. The van der Waals surface area contributed by atoms with E-state index < -0.39 is 0 Å². The van der Waals surface area contributed by atoms with Crippen LogP contribution in [0.2, 0.25) is 0 Å². The molecule has 0 radical (unpaired) electrons. The second kappa shape index (κ2) is 3.21. The number of nitrogens with zero attached hydrogens (tertiary/aromatic N) is 1. The molecular formula is C12H21NO. The predicted octanol–water partition coefficient (Wildman–Crippen LogP) is 2.04. The van der Waals surface area contributed by atoms with E-state index in [1.807, 2.05) is 7.11 Å². The lowest BCUT2D eigenvalue weighted by Gasteiger charge is -2.55. The Bertz CT molecular complexity index is 208. The Morgan fingerprint density at radius 3 is 2.36 bits per heavy atom. The van der Waals surface area contributed by atoms with Gasteiger partial charge in [0.05, 0.1) is 6.10 Å². The van der Waals surface area contributed by atoms with Crippen LogP contribution in [0.15, 0.2) is 0 Å². The first kappa shape index (κ1) is 9.17. The molecule has 0 aromatic heterocycles. The first-order chi connectivity index (χ1) is 6.81. The summed E-state index contributed by atoms with van der Waals surface area (Å²) < 4.78 is 5.33. The molecule has 0 aromatic carbocycles. The molecule has 2 saturated carbocycles. The molecule has 1 saturated heterocycles. The number of ether oxygens (including phenoxy) is 1. The Hall–Kier alpha value is -0.0800. The summed E-state index contributed by atoms with van der Waals surface area (Å²) in [5, 5.41) is 0. The van der Waals surface area contributed by atoms with Crippen molar-refractivity contribution in [3.05, 3.63) is 0 Å². The number of hydrogen-bond acceptors (Lipinski definition) is 2. The van der Waals surface area contributed by atoms with Crippen LogP contribution in [0, 0.1) is 5.41 Å². The standard InChI is InChI=1S/C12H21NO/c1-14-11-6-10(7-11)13-8-12(9-13)4-2-3-5-12/h10-11H,2-9H2,1H3. The summed E-state index contributed by atoms with van der Waals surface area (Å²) >= 11 is 0. The van der Waals surface area contributed by atoms with Gasteiger partial charge in [0.25, 0.3) is 0 Å². The van der Waals surface area contributed by atoms with Gasteiger partial charge < -0.3 is 4.74 Å². The van der Waals surface area contributed by atoms with Crippen LogP contribution < -0.4 is 0 Å². The van der Waals surface area contributed by atoms with Gasteiger partial charge in [-0.1, -0.05) is 12.8 Å². The van der Waals surface area contributed by atoms with Crippen LogP contribution in [0.4, 0.5) is 0 Å². The Morgan fingerprint density at radius 2 is 1.79 bits per heavy atom. The molecule has 14 heavy (non-hydrogen) atoms. The highest BCUT2D eigenvalue weighted by Crippen LogP contribution is 2.48. The Morgan fingerprint density at radius 1 is 1.14 bits per heavy atom. The van der Waals surface area contributed by atoms with E-state index in [-0.39, 0.29) is 0 Å². The normalized spacial score (nSPS) is 40.9. The third-order valence-corrected chi connectivity index (χ3v) is 4.66. The quantitative estimate of drug-likeness (QED) is 0.668. The molecule has 3 rings (SSSR count). The largest absolute Gasteiger partial charge is 0.381 e. The third-order valence-electron chi connectivity index (χ3n) is 4.66. The molecule has 1 aliphatic heterocycles. The van der Waals surface area contributed by atoms with Crippen LogP contribution in [-0.4, -0.2) is 37.2 Å². The highest BCUT2D eigenvalue weighted by atomic mass is 16.5. The fourth-order valence-electron chi connectivity index (χ4n) is 3.54. The first-order valence-corrected chi connectivity index (χ1v) is 6.08. The molecule has 0 amide bonds. The number of likely N-dealkylation sites (tertiary alicyclic amines) is 1. The molecule has 2 nitrogen and oxygen atoms in total. The number of rotatable bonds is 2. The maximum atomic E-state index is 5.33. The first-order valence-electron chi connectivity index (χ1n) is 6.08. The van der Waals surface area contributed by atoms with E-state index in [0.717, 1.165) is 11.5 Å². The monoisotopic (exact) mass is 195 g/mol. The predicted molar refractivity (Wildman–Crippen MR) is 56.3 cm³/mol. The fraction of sp³-hybridized carbons (Fsp3) is 1.00. The van der Waals surface area contributed by atoms with E-state index in [9.17, 15) is 0 Å². The smallest absolute Gasteiger partial charge is 0.0601 e. The molecule has 80 valence electrons. The average molecular weight is 195 g/mol. The second-order valence-corrected chi connectivity index (χ2v) is 5.60. The molecule has 3 aliphatic rings. The summed E-state index contributed by atoms with van der Waals surface area (Å²) in [5.74, 6) is 0. The minimum Gasteiger partial charge on any atom is -0.381 e. The van der Waals surface area contributed by atoms with E-state index in [0.29, 0.717) is 6.10 Å². The molecule has 0 N–H and O–H groups in total. The van der Waals surface area contributed by atoms with E-state index in [4.69, 9.17) is 4.74 Å². The summed E-state index contributed by atoms with van der Waals surface area (Å²) in [5.41, 5.74) is 0.776. The summed E-state index contributed by atoms with van der Waals surface area (Å²) in [6.07, 6.45) is 9.12. The van der Waals surface area contributed by atoms with Gasteiger partial charge in [0.2, 0.25) is 0 Å². The maximum absolute atomic E-state index is 5.33. The van der Waals surface area contributed by atoms with Gasteiger partial charge in [-0.05, 0) is 31.1 Å². The molecule has 1 heterocycles. The van der Waals surface area contributed by atoms with Gasteiger partial charge >= 0.3 is 0 Å². The van der Waals surface area contributed by atoms with E-state index in [1.165, 1.54) is 51.6 Å². The zero-order valence-electron chi connectivity index (χ0n) is 9.17. The summed E-state index contributed by atoms with van der Waals surface area (Å²) in [7, 11) is 1.84. The van der Waals surface area contributed by atoms with Crippen LogP contribution >= 0.6 is 0 Å². The van der Waals surface area contributed by atoms with Crippen molar-refractivity contribution in [3.8, 4) is 0 Å². The van der Waals surface area contributed by atoms with Crippen molar-refractivity contribution in [2.24, 2.45) is 5.41 Å². The highest BCUT2D eigenvalue weighted by molar-refractivity contribution is 5.02. The molecule has 0 unspecified atom stereocenters. The minimum atomic E-state index is 0.570. The van der Waals surface area contributed by atoms with Gasteiger partial charge in [-0.3, -0.25) is 4.90 Å². The van der Waals surface area contributed by atoms with Gasteiger partial charge in [-0.15, -0.1) is 0 Å². The van der Waals surface area contributed by atoms with Crippen molar-refractivity contribution in [1.29, 1.82) is 0 Å². The van der Waals surface area contributed by atoms with Crippen molar-refractivity contribution in [1.82, 2.24) is 4.90 Å². The second-order valence-electron chi connectivity index (χ2n) is 5.60. The molecular weight excluding hydrogens is 174 g/mol. The topological polar surface area (TPSA) is 12.5 Å². The van der Waals surface area contributed by atoms with Crippen molar-refractivity contribution in [3.63, 3.8) is 0 Å². The van der Waals surface area contributed by atoms with Gasteiger partial charge in [0.15, 0.2) is 0 Å². The summed E-state index contributed by atoms with van der Waals surface area (Å²) in [4.78, 5) is 2.70. The third kappa shape index (κ3) is 1.31. The van der Waals surface area contributed by atoms with Gasteiger partial charge in [-0.25, -0.2) is 0 Å². The van der Waals surface area contributed by atoms with Gasteiger partial charge in [0, 0.05) is 26.2 Å². The highest BCUT2D eigenvalue weighted by Gasteiger charge is 2.49. The van der Waals surface area contributed by atoms with Crippen molar-refractivity contribution >= 4 is 0 Å². The lowest BCUT2D eigenvalue weighted by atomic mass is 9.74. The zero-order chi connectivity index (χ0) is 9.60. The van der Waals surface area contributed by atoms with Gasteiger partial charge in [-0.2, -0.15) is 0 Å². The summed E-state index contributed by atoms with van der Waals surface area (Å²) in [6.45, 7) is 2.79. The molecule has 2 aliphatic carbocycles. The van der Waals surface area contributed by atoms with Crippen molar-refractivity contribution < 1.29 is 4.74 Å². The van der Waals surface area contributed by atoms with E-state index in [1.54, 1.807) is 0 Å². The van der Waals surface area contributed by atoms with Crippen LogP contribution in [0.3, 0.4) is 0 Å². The van der Waals surface area contributed by atoms with Crippen LogP contribution in [0.5, 0.6) is 0 Å². The lowest BCUT2D eigenvalue weighted by molar-refractivity contribution is -0.0970. The van der Waals surface area contributed by atoms with Gasteiger partial charge in [0.1, 0.15) is 0 Å². The Labute approximate surface area is 86.6 Å². The molecule has 2 heteroatoms. The SMILES string of the molecule is COC1CC(N2CC3(CCCC3)C2)C1. The number of hydrogen-bond donors (Lipinski definition) is 0.